The zero-order valence-corrected chi connectivity index (χ0v) is 15.8. The number of carbonyl (C=O) groups excluding carboxylic acids is 3. The first-order chi connectivity index (χ1) is 12.9. The van der Waals surface area contributed by atoms with Crippen molar-refractivity contribution in [1.82, 2.24) is 10.2 Å². The Kier molecular flexibility index (Phi) is 3.31. The number of rotatable bonds is 1. The summed E-state index contributed by atoms with van der Waals surface area (Å²) in [6, 6.07) is 4.08. The van der Waals surface area contributed by atoms with Crippen LogP contribution in [0.5, 0.6) is 5.75 Å². The van der Waals surface area contributed by atoms with Crippen molar-refractivity contribution in [3.05, 3.63) is 28.8 Å². The minimum atomic E-state index is -0.739. The summed E-state index contributed by atoms with van der Waals surface area (Å²) in [6.07, 6.45) is 3.19. The highest BCUT2D eigenvalue weighted by atomic mass is 16.5. The number of likely N-dealkylation sites (tertiary alicyclic amines) is 1. The molecule has 3 unspecified atom stereocenters. The number of nitrogens with zero attached hydrogens (tertiary/aromatic N) is 1. The van der Waals surface area contributed by atoms with Gasteiger partial charge in [0.25, 0.3) is 5.91 Å². The average Bonchev–Trinajstić information content (AvgIpc) is 3.26. The monoisotopic (exact) mass is 368 g/mol. The van der Waals surface area contributed by atoms with Crippen LogP contribution in [0.4, 0.5) is 0 Å². The van der Waals surface area contributed by atoms with Gasteiger partial charge in [-0.05, 0) is 49.4 Å². The van der Waals surface area contributed by atoms with Gasteiger partial charge < -0.3 is 9.64 Å². The van der Waals surface area contributed by atoms with E-state index in [2.05, 4.69) is 18.3 Å². The molecule has 3 heterocycles. The topological polar surface area (TPSA) is 75.7 Å². The van der Waals surface area contributed by atoms with Gasteiger partial charge >= 0.3 is 0 Å². The SMILES string of the molecule is Cc1cc2c(cc1C)OC(C(=O)N1CC34CCCCC3(C1)C(=O)NC4=O)C2. The molecule has 6 nitrogen and oxygen atoms in total. The third kappa shape index (κ3) is 2.04. The zero-order chi connectivity index (χ0) is 19.0. The Balaban J connectivity index is 1.42. The molecule has 0 spiro atoms. The Bertz CT molecular complexity index is 831. The summed E-state index contributed by atoms with van der Waals surface area (Å²) < 4.78 is 5.96. The fourth-order valence-electron chi connectivity index (χ4n) is 5.66. The predicted octanol–water partition coefficient (Wildman–Crippen LogP) is 1.65. The van der Waals surface area contributed by atoms with Crippen molar-refractivity contribution in [3.8, 4) is 5.75 Å². The maximum Gasteiger partial charge on any atom is 0.264 e. The molecule has 1 saturated carbocycles. The highest BCUT2D eigenvalue weighted by Crippen LogP contribution is 2.59. The third-order valence-electron chi connectivity index (χ3n) is 7.33. The van der Waals surface area contributed by atoms with E-state index in [1.54, 1.807) is 4.90 Å². The van der Waals surface area contributed by atoms with Crippen LogP contribution in [-0.4, -0.2) is 41.8 Å². The van der Waals surface area contributed by atoms with Gasteiger partial charge in [-0.2, -0.15) is 0 Å². The van der Waals surface area contributed by atoms with Crippen LogP contribution in [0.25, 0.3) is 0 Å². The van der Waals surface area contributed by atoms with Crippen LogP contribution in [0.1, 0.15) is 42.4 Å². The number of hydrogen-bond donors (Lipinski definition) is 1. The van der Waals surface area contributed by atoms with Gasteiger partial charge in [-0.1, -0.05) is 18.9 Å². The molecule has 142 valence electrons. The number of imide groups is 1. The van der Waals surface area contributed by atoms with Crippen molar-refractivity contribution in [3.63, 3.8) is 0 Å². The molecule has 3 atom stereocenters. The van der Waals surface area contributed by atoms with E-state index in [-0.39, 0.29) is 17.7 Å². The van der Waals surface area contributed by atoms with Crippen molar-refractivity contribution < 1.29 is 19.1 Å². The van der Waals surface area contributed by atoms with Gasteiger partial charge in [0.05, 0.1) is 10.8 Å². The van der Waals surface area contributed by atoms with Crippen LogP contribution in [-0.2, 0) is 20.8 Å². The van der Waals surface area contributed by atoms with Gasteiger partial charge in [-0.3, -0.25) is 19.7 Å². The maximum absolute atomic E-state index is 13.2. The number of benzene rings is 1. The lowest BCUT2D eigenvalue weighted by Gasteiger charge is -2.38. The molecule has 0 aromatic heterocycles. The predicted molar refractivity (Wildman–Crippen MR) is 97.1 cm³/mol. The number of ether oxygens (including phenoxy) is 1. The normalized spacial score (nSPS) is 34.0. The Morgan fingerprint density at radius 1 is 1.07 bits per heavy atom. The van der Waals surface area contributed by atoms with Crippen LogP contribution in [0.15, 0.2) is 12.1 Å². The average molecular weight is 368 g/mol. The van der Waals surface area contributed by atoms with E-state index < -0.39 is 16.9 Å². The standard InChI is InChI=1S/C21H24N2O4/c1-12-7-14-9-16(27-15(14)8-13(12)2)17(24)23-10-20-5-3-4-6-21(20,11-23)19(26)22-18(20)25/h7-8,16H,3-6,9-11H2,1-2H3,(H,22,25,26). The highest BCUT2D eigenvalue weighted by molar-refractivity contribution is 6.11. The lowest BCUT2D eigenvalue weighted by Crippen LogP contribution is -2.46. The molecule has 2 saturated heterocycles. The van der Waals surface area contributed by atoms with Crippen LogP contribution in [0.3, 0.4) is 0 Å². The van der Waals surface area contributed by atoms with Crippen molar-refractivity contribution in [2.24, 2.45) is 10.8 Å². The molecule has 0 bridgehead atoms. The maximum atomic E-state index is 13.2. The van der Waals surface area contributed by atoms with E-state index >= 15 is 0 Å². The molecule has 6 heteroatoms. The number of aryl methyl sites for hydroxylation is 2. The fourth-order valence-corrected chi connectivity index (χ4v) is 5.66. The molecule has 1 N–H and O–H groups in total. The minimum absolute atomic E-state index is 0.0999. The van der Waals surface area contributed by atoms with Crippen molar-refractivity contribution in [2.45, 2.75) is 52.1 Å². The van der Waals surface area contributed by atoms with Gasteiger partial charge in [0.15, 0.2) is 6.10 Å². The molecule has 4 aliphatic rings. The summed E-state index contributed by atoms with van der Waals surface area (Å²) in [5.41, 5.74) is 1.90. The molecular formula is C21H24N2O4. The summed E-state index contributed by atoms with van der Waals surface area (Å²) in [5, 5.41) is 2.55. The van der Waals surface area contributed by atoms with Crippen molar-refractivity contribution >= 4 is 17.7 Å². The van der Waals surface area contributed by atoms with E-state index in [0.717, 1.165) is 29.7 Å². The molecule has 3 amide bonds. The van der Waals surface area contributed by atoms with Crippen LogP contribution in [0.2, 0.25) is 0 Å². The first-order valence-corrected chi connectivity index (χ1v) is 9.78. The van der Waals surface area contributed by atoms with Gasteiger partial charge in [-0.25, -0.2) is 0 Å². The lowest BCUT2D eigenvalue weighted by molar-refractivity contribution is -0.138. The Hall–Kier alpha value is -2.37. The van der Waals surface area contributed by atoms with Gasteiger partial charge in [0, 0.05) is 19.5 Å². The molecule has 3 aliphatic heterocycles. The molecule has 27 heavy (non-hydrogen) atoms. The summed E-state index contributed by atoms with van der Waals surface area (Å²) >= 11 is 0. The summed E-state index contributed by atoms with van der Waals surface area (Å²) in [5.74, 6) is 0.296. The number of carbonyl (C=O) groups is 3. The smallest absolute Gasteiger partial charge is 0.264 e. The molecule has 5 rings (SSSR count). The molecule has 1 aromatic carbocycles. The highest BCUT2D eigenvalue weighted by Gasteiger charge is 2.71. The van der Waals surface area contributed by atoms with E-state index in [1.807, 2.05) is 13.0 Å². The van der Waals surface area contributed by atoms with Crippen LogP contribution < -0.4 is 10.1 Å². The second-order valence-corrected chi connectivity index (χ2v) is 8.70. The Morgan fingerprint density at radius 2 is 1.67 bits per heavy atom. The first kappa shape index (κ1) is 16.8. The van der Waals surface area contributed by atoms with Crippen molar-refractivity contribution in [2.75, 3.05) is 13.1 Å². The number of hydrogen-bond acceptors (Lipinski definition) is 4. The second kappa shape index (κ2) is 5.33. The molecular weight excluding hydrogens is 344 g/mol. The van der Waals surface area contributed by atoms with Gasteiger partial charge in [0.2, 0.25) is 11.8 Å². The van der Waals surface area contributed by atoms with E-state index in [9.17, 15) is 14.4 Å². The van der Waals surface area contributed by atoms with Crippen LogP contribution in [0, 0.1) is 24.7 Å². The van der Waals surface area contributed by atoms with Gasteiger partial charge in [0.1, 0.15) is 5.75 Å². The van der Waals surface area contributed by atoms with E-state index in [4.69, 9.17) is 4.74 Å². The minimum Gasteiger partial charge on any atom is -0.480 e. The summed E-state index contributed by atoms with van der Waals surface area (Å²) in [6.45, 7) is 4.75. The largest absolute Gasteiger partial charge is 0.480 e. The second-order valence-electron chi connectivity index (χ2n) is 8.70. The molecule has 1 aromatic rings. The third-order valence-corrected chi connectivity index (χ3v) is 7.33. The summed E-state index contributed by atoms with van der Waals surface area (Å²) in [7, 11) is 0. The lowest BCUT2D eigenvalue weighted by atomic mass is 9.59. The molecule has 1 aliphatic carbocycles. The quantitative estimate of drug-likeness (QED) is 0.765. The van der Waals surface area contributed by atoms with Gasteiger partial charge in [-0.15, -0.1) is 0 Å². The first-order valence-electron chi connectivity index (χ1n) is 9.78. The number of nitrogens with one attached hydrogen (secondary N) is 1. The molecule has 3 fully saturated rings. The Labute approximate surface area is 158 Å². The zero-order valence-electron chi connectivity index (χ0n) is 15.8. The Morgan fingerprint density at radius 3 is 2.30 bits per heavy atom. The summed E-state index contributed by atoms with van der Waals surface area (Å²) in [4.78, 5) is 40.3. The molecule has 0 radical (unpaired) electrons. The van der Waals surface area contributed by atoms with Crippen LogP contribution >= 0.6 is 0 Å². The number of amides is 3. The van der Waals surface area contributed by atoms with E-state index in [1.165, 1.54) is 5.56 Å². The fraction of sp³-hybridized carbons (Fsp3) is 0.571. The van der Waals surface area contributed by atoms with E-state index in [0.29, 0.717) is 32.4 Å². The number of fused-ring (bicyclic) bond motifs is 1. The van der Waals surface area contributed by atoms with Crippen molar-refractivity contribution in [1.29, 1.82) is 0 Å².